The fraction of sp³-hybridized carbons (Fsp3) is 0. The Labute approximate surface area is 124 Å². The van der Waals surface area contributed by atoms with Crippen molar-refractivity contribution in [3.8, 4) is 34.4 Å². The van der Waals surface area contributed by atoms with Crippen molar-refractivity contribution in [1.82, 2.24) is 9.97 Å². The molecule has 0 unspecified atom stereocenters. The number of nitrogens with one attached hydrogen (secondary N) is 1. The number of nitrogens with two attached hydrogens (primary N) is 1. The fourth-order valence-corrected chi connectivity index (χ4v) is 2.13. The fourth-order valence-electron chi connectivity index (χ4n) is 2.13. The van der Waals surface area contributed by atoms with Crippen LogP contribution in [0.2, 0.25) is 0 Å². The lowest BCUT2D eigenvalue weighted by Crippen LogP contribution is -2.04. The standard InChI is InChI=1S/C15H10N4O3/c16-6-9-14(21)12(8-3-4-11(20)18-7-8)13(19-15(9)17)10-2-1-5-22-10/h1-5,7H,(H,18,20)(H3,17,19,21). The molecule has 7 heteroatoms. The Bertz CT molecular complexity index is 916. The largest absolute Gasteiger partial charge is 0.506 e. The van der Waals surface area contributed by atoms with E-state index < -0.39 is 0 Å². The first kappa shape index (κ1) is 13.5. The van der Waals surface area contributed by atoms with Gasteiger partial charge in [0, 0.05) is 17.8 Å². The van der Waals surface area contributed by atoms with Gasteiger partial charge in [-0.3, -0.25) is 4.79 Å². The van der Waals surface area contributed by atoms with Crippen LogP contribution in [0.3, 0.4) is 0 Å². The zero-order valence-electron chi connectivity index (χ0n) is 11.2. The maximum atomic E-state index is 11.2. The first-order chi connectivity index (χ1) is 10.6. The van der Waals surface area contributed by atoms with Crippen LogP contribution in [0.1, 0.15) is 5.56 Å². The molecule has 3 aromatic heterocycles. The van der Waals surface area contributed by atoms with E-state index in [9.17, 15) is 9.90 Å². The first-order valence-electron chi connectivity index (χ1n) is 6.27. The van der Waals surface area contributed by atoms with Gasteiger partial charge < -0.3 is 20.2 Å². The number of anilines is 1. The predicted octanol–water partition coefficient (Wildman–Crippen LogP) is 1.86. The molecule has 0 saturated carbocycles. The van der Waals surface area contributed by atoms with E-state index in [2.05, 4.69) is 9.97 Å². The lowest BCUT2D eigenvalue weighted by Gasteiger charge is -2.12. The van der Waals surface area contributed by atoms with E-state index in [-0.39, 0.29) is 33.9 Å². The van der Waals surface area contributed by atoms with Crippen LogP contribution in [0.15, 0.2) is 45.9 Å². The average Bonchev–Trinajstić information content (AvgIpc) is 3.03. The first-order valence-corrected chi connectivity index (χ1v) is 6.27. The Kier molecular flexibility index (Phi) is 3.12. The van der Waals surface area contributed by atoms with Crippen molar-refractivity contribution in [2.75, 3.05) is 5.73 Å². The van der Waals surface area contributed by atoms with Gasteiger partial charge in [0.15, 0.2) is 5.76 Å². The summed E-state index contributed by atoms with van der Waals surface area (Å²) < 4.78 is 5.30. The Morgan fingerprint density at radius 1 is 1.36 bits per heavy atom. The second-order valence-corrected chi connectivity index (χ2v) is 4.47. The number of nitriles is 1. The van der Waals surface area contributed by atoms with Crippen molar-refractivity contribution < 1.29 is 9.52 Å². The molecule has 0 aliphatic rings. The van der Waals surface area contributed by atoms with Crippen LogP contribution < -0.4 is 11.3 Å². The van der Waals surface area contributed by atoms with E-state index in [1.807, 2.05) is 6.07 Å². The van der Waals surface area contributed by atoms with Gasteiger partial charge in [0.05, 0.1) is 11.8 Å². The Balaban J connectivity index is 2.37. The summed E-state index contributed by atoms with van der Waals surface area (Å²) in [5.74, 6) is -0.0271. The number of aromatic amines is 1. The van der Waals surface area contributed by atoms with Crippen molar-refractivity contribution in [1.29, 1.82) is 5.26 Å². The lowest BCUT2D eigenvalue weighted by atomic mass is 10.0. The Morgan fingerprint density at radius 3 is 2.77 bits per heavy atom. The molecular formula is C15H10N4O3. The maximum absolute atomic E-state index is 11.2. The smallest absolute Gasteiger partial charge is 0.247 e. The molecular weight excluding hydrogens is 284 g/mol. The third-order valence-electron chi connectivity index (χ3n) is 3.14. The molecule has 4 N–H and O–H groups in total. The second kappa shape index (κ2) is 5.10. The van der Waals surface area contributed by atoms with E-state index in [1.165, 1.54) is 24.6 Å². The zero-order chi connectivity index (χ0) is 15.7. The van der Waals surface area contributed by atoms with Crippen LogP contribution in [0, 0.1) is 11.3 Å². The molecule has 3 rings (SSSR count). The van der Waals surface area contributed by atoms with Crippen LogP contribution >= 0.6 is 0 Å². The number of aromatic hydroxyl groups is 1. The van der Waals surface area contributed by atoms with Crippen LogP contribution in [0.5, 0.6) is 5.75 Å². The van der Waals surface area contributed by atoms with Gasteiger partial charge in [0.25, 0.3) is 0 Å². The molecule has 0 radical (unpaired) electrons. The van der Waals surface area contributed by atoms with Gasteiger partial charge in [0.2, 0.25) is 5.56 Å². The molecule has 3 heterocycles. The van der Waals surface area contributed by atoms with Gasteiger partial charge in [0.1, 0.15) is 28.9 Å². The monoisotopic (exact) mass is 294 g/mol. The minimum Gasteiger partial charge on any atom is -0.506 e. The summed E-state index contributed by atoms with van der Waals surface area (Å²) in [5.41, 5.74) is 6.33. The zero-order valence-corrected chi connectivity index (χ0v) is 11.2. The van der Waals surface area contributed by atoms with Crippen LogP contribution in [-0.4, -0.2) is 15.1 Å². The molecule has 7 nitrogen and oxygen atoms in total. The number of hydrogen-bond acceptors (Lipinski definition) is 6. The predicted molar refractivity (Wildman–Crippen MR) is 78.8 cm³/mol. The van der Waals surface area contributed by atoms with E-state index in [0.717, 1.165) is 0 Å². The van der Waals surface area contributed by atoms with Crippen molar-refractivity contribution in [3.63, 3.8) is 0 Å². The van der Waals surface area contributed by atoms with Crippen LogP contribution in [-0.2, 0) is 0 Å². The number of nitrogens with zero attached hydrogens (tertiary/aromatic N) is 2. The maximum Gasteiger partial charge on any atom is 0.247 e. The van der Waals surface area contributed by atoms with E-state index in [0.29, 0.717) is 11.3 Å². The summed E-state index contributed by atoms with van der Waals surface area (Å²) in [6.45, 7) is 0. The minimum absolute atomic E-state index is 0.0976. The highest BCUT2D eigenvalue weighted by Crippen LogP contribution is 2.40. The molecule has 0 aromatic carbocycles. The van der Waals surface area contributed by atoms with E-state index >= 15 is 0 Å². The quantitative estimate of drug-likeness (QED) is 0.661. The number of nitrogen functional groups attached to an aromatic ring is 1. The van der Waals surface area contributed by atoms with Crippen molar-refractivity contribution in [2.24, 2.45) is 0 Å². The van der Waals surface area contributed by atoms with Crippen LogP contribution in [0.25, 0.3) is 22.6 Å². The van der Waals surface area contributed by atoms with Gasteiger partial charge in [-0.05, 0) is 18.2 Å². The van der Waals surface area contributed by atoms with Crippen molar-refractivity contribution in [2.45, 2.75) is 0 Å². The highest BCUT2D eigenvalue weighted by Gasteiger charge is 2.22. The molecule has 0 saturated heterocycles. The summed E-state index contributed by atoms with van der Waals surface area (Å²) in [7, 11) is 0. The molecule has 0 aliphatic heterocycles. The molecule has 0 aliphatic carbocycles. The summed E-state index contributed by atoms with van der Waals surface area (Å²) in [5, 5.41) is 19.5. The van der Waals surface area contributed by atoms with Crippen LogP contribution in [0.4, 0.5) is 5.82 Å². The highest BCUT2D eigenvalue weighted by molar-refractivity contribution is 5.87. The Morgan fingerprint density at radius 2 is 2.18 bits per heavy atom. The minimum atomic E-state index is -0.312. The summed E-state index contributed by atoms with van der Waals surface area (Å²) in [6, 6.07) is 7.96. The number of furan rings is 1. The molecule has 22 heavy (non-hydrogen) atoms. The van der Waals surface area contributed by atoms with Gasteiger partial charge in [-0.2, -0.15) is 5.26 Å². The number of pyridine rings is 2. The molecule has 0 spiro atoms. The normalized spacial score (nSPS) is 10.3. The number of rotatable bonds is 2. The molecule has 0 bridgehead atoms. The summed E-state index contributed by atoms with van der Waals surface area (Å²) in [6.07, 6.45) is 2.88. The van der Waals surface area contributed by atoms with Crippen molar-refractivity contribution in [3.05, 3.63) is 52.6 Å². The number of hydrogen-bond donors (Lipinski definition) is 3. The van der Waals surface area contributed by atoms with Gasteiger partial charge >= 0.3 is 0 Å². The van der Waals surface area contributed by atoms with E-state index in [1.54, 1.807) is 12.1 Å². The third-order valence-corrected chi connectivity index (χ3v) is 3.14. The topological polar surface area (TPSA) is 129 Å². The van der Waals surface area contributed by atoms with Crippen molar-refractivity contribution >= 4 is 5.82 Å². The van der Waals surface area contributed by atoms with E-state index in [4.69, 9.17) is 15.4 Å². The van der Waals surface area contributed by atoms with Gasteiger partial charge in [-0.25, -0.2) is 4.98 Å². The molecule has 0 atom stereocenters. The summed E-state index contributed by atoms with van der Waals surface area (Å²) in [4.78, 5) is 17.9. The second-order valence-electron chi connectivity index (χ2n) is 4.47. The molecule has 0 fully saturated rings. The average molecular weight is 294 g/mol. The SMILES string of the molecule is N#Cc1c(N)nc(-c2ccco2)c(-c2ccc(=O)[nH]c2)c1O. The number of aromatic nitrogens is 2. The highest BCUT2D eigenvalue weighted by atomic mass is 16.3. The third kappa shape index (κ3) is 2.09. The Hall–Kier alpha value is -3.53. The van der Waals surface area contributed by atoms with Gasteiger partial charge in [-0.15, -0.1) is 0 Å². The van der Waals surface area contributed by atoms with Gasteiger partial charge in [-0.1, -0.05) is 0 Å². The lowest BCUT2D eigenvalue weighted by molar-refractivity contribution is 0.475. The molecule has 3 aromatic rings. The number of H-pyrrole nitrogens is 1. The molecule has 0 amide bonds. The summed E-state index contributed by atoms with van der Waals surface area (Å²) >= 11 is 0. The molecule has 108 valence electrons.